The van der Waals surface area contributed by atoms with Gasteiger partial charge in [0.1, 0.15) is 5.76 Å². The molecule has 68 valence electrons. The lowest BCUT2D eigenvalue weighted by Crippen LogP contribution is -2.07. The third-order valence-corrected chi connectivity index (χ3v) is 3.49. The molecule has 0 bridgehead atoms. The Morgan fingerprint density at radius 3 is 2.75 bits per heavy atom. The molecule has 0 N–H and O–H groups in total. The van der Waals surface area contributed by atoms with Crippen LogP contribution in [0.1, 0.15) is 26.0 Å². The molecule has 0 radical (unpaired) electrons. The standard InChI is InChI=1S/C10H15BrO/c1-8(2)10(11)6-5-9-4-3-7-12-9/h3-4,7-8,10H,5-6H2,1-2H3. The van der Waals surface area contributed by atoms with E-state index in [2.05, 4.69) is 29.8 Å². The number of alkyl halides is 1. The fourth-order valence-corrected chi connectivity index (χ4v) is 1.30. The highest BCUT2D eigenvalue weighted by atomic mass is 79.9. The predicted molar refractivity (Wildman–Crippen MR) is 54.6 cm³/mol. The van der Waals surface area contributed by atoms with Gasteiger partial charge >= 0.3 is 0 Å². The van der Waals surface area contributed by atoms with Crippen molar-refractivity contribution in [3.63, 3.8) is 0 Å². The van der Waals surface area contributed by atoms with Gasteiger partial charge in [-0.3, -0.25) is 0 Å². The second kappa shape index (κ2) is 4.70. The lowest BCUT2D eigenvalue weighted by atomic mass is 10.1. The minimum atomic E-state index is 0.600. The van der Waals surface area contributed by atoms with Crippen molar-refractivity contribution in [3.8, 4) is 0 Å². The van der Waals surface area contributed by atoms with E-state index in [-0.39, 0.29) is 0 Å². The molecular weight excluding hydrogens is 216 g/mol. The summed E-state index contributed by atoms with van der Waals surface area (Å²) < 4.78 is 5.24. The molecule has 2 heteroatoms. The maximum atomic E-state index is 5.24. The Kier molecular flexibility index (Phi) is 3.86. The first-order valence-electron chi connectivity index (χ1n) is 4.36. The van der Waals surface area contributed by atoms with Crippen molar-refractivity contribution in [1.29, 1.82) is 0 Å². The zero-order chi connectivity index (χ0) is 8.97. The number of halogens is 1. The molecule has 1 unspecified atom stereocenters. The smallest absolute Gasteiger partial charge is 0.103 e. The third-order valence-electron chi connectivity index (χ3n) is 1.97. The first-order chi connectivity index (χ1) is 5.70. The predicted octanol–water partition coefficient (Wildman–Crippen LogP) is 3.63. The van der Waals surface area contributed by atoms with Crippen LogP contribution in [0.3, 0.4) is 0 Å². The van der Waals surface area contributed by atoms with Crippen molar-refractivity contribution in [2.45, 2.75) is 31.5 Å². The largest absolute Gasteiger partial charge is 0.469 e. The van der Waals surface area contributed by atoms with E-state index in [9.17, 15) is 0 Å². The van der Waals surface area contributed by atoms with Crippen molar-refractivity contribution in [3.05, 3.63) is 24.2 Å². The highest BCUT2D eigenvalue weighted by Gasteiger charge is 2.09. The lowest BCUT2D eigenvalue weighted by molar-refractivity contribution is 0.485. The van der Waals surface area contributed by atoms with Crippen molar-refractivity contribution >= 4 is 15.9 Å². The van der Waals surface area contributed by atoms with Crippen LogP contribution < -0.4 is 0 Å². The number of hydrogen-bond donors (Lipinski definition) is 0. The molecule has 0 aliphatic heterocycles. The molecule has 0 amide bonds. The molecule has 0 saturated heterocycles. The van der Waals surface area contributed by atoms with Crippen LogP contribution in [0.2, 0.25) is 0 Å². The summed E-state index contributed by atoms with van der Waals surface area (Å²) in [4.78, 5) is 0.600. The highest BCUT2D eigenvalue weighted by Crippen LogP contribution is 2.18. The number of rotatable bonds is 4. The van der Waals surface area contributed by atoms with Crippen molar-refractivity contribution in [1.82, 2.24) is 0 Å². The molecule has 1 nitrogen and oxygen atoms in total. The number of furan rings is 1. The average Bonchev–Trinajstić information content (AvgIpc) is 2.51. The van der Waals surface area contributed by atoms with Gasteiger partial charge in [-0.2, -0.15) is 0 Å². The molecular formula is C10H15BrO. The summed E-state index contributed by atoms with van der Waals surface area (Å²) in [5.41, 5.74) is 0. The fraction of sp³-hybridized carbons (Fsp3) is 0.600. The molecule has 1 heterocycles. The Labute approximate surface area is 82.3 Å². The molecule has 0 aromatic carbocycles. The summed E-state index contributed by atoms with van der Waals surface area (Å²) >= 11 is 3.65. The van der Waals surface area contributed by atoms with E-state index in [1.165, 1.54) is 0 Å². The highest BCUT2D eigenvalue weighted by molar-refractivity contribution is 9.09. The second-order valence-electron chi connectivity index (χ2n) is 3.38. The average molecular weight is 231 g/mol. The number of aryl methyl sites for hydroxylation is 1. The van der Waals surface area contributed by atoms with E-state index in [0.29, 0.717) is 10.7 Å². The van der Waals surface area contributed by atoms with E-state index < -0.39 is 0 Å². The molecule has 12 heavy (non-hydrogen) atoms. The van der Waals surface area contributed by atoms with Crippen LogP contribution in [0.25, 0.3) is 0 Å². The van der Waals surface area contributed by atoms with E-state index in [0.717, 1.165) is 18.6 Å². The Balaban J connectivity index is 2.27. The molecule has 1 atom stereocenters. The maximum Gasteiger partial charge on any atom is 0.103 e. The van der Waals surface area contributed by atoms with E-state index in [1.807, 2.05) is 12.1 Å². The Morgan fingerprint density at radius 1 is 1.50 bits per heavy atom. The summed E-state index contributed by atoms with van der Waals surface area (Å²) in [6, 6.07) is 3.97. The van der Waals surface area contributed by atoms with E-state index in [1.54, 1.807) is 6.26 Å². The summed E-state index contributed by atoms with van der Waals surface area (Å²) in [6.45, 7) is 4.45. The van der Waals surface area contributed by atoms with Crippen LogP contribution in [0.15, 0.2) is 22.8 Å². The summed E-state index contributed by atoms with van der Waals surface area (Å²) in [5.74, 6) is 1.78. The molecule has 0 aliphatic rings. The minimum absolute atomic E-state index is 0.600. The Hall–Kier alpha value is -0.240. The zero-order valence-electron chi connectivity index (χ0n) is 7.59. The van der Waals surface area contributed by atoms with Crippen molar-refractivity contribution < 1.29 is 4.42 Å². The van der Waals surface area contributed by atoms with Crippen LogP contribution in [0, 0.1) is 5.92 Å². The third kappa shape index (κ3) is 3.02. The molecule has 0 aliphatic carbocycles. The van der Waals surface area contributed by atoms with Gasteiger partial charge in [0.05, 0.1) is 6.26 Å². The van der Waals surface area contributed by atoms with Crippen LogP contribution in [-0.4, -0.2) is 4.83 Å². The molecule has 0 spiro atoms. The van der Waals surface area contributed by atoms with Gasteiger partial charge in [0.2, 0.25) is 0 Å². The Bertz CT molecular complexity index is 204. The molecule has 1 aromatic rings. The van der Waals surface area contributed by atoms with Crippen LogP contribution >= 0.6 is 15.9 Å². The quantitative estimate of drug-likeness (QED) is 0.721. The van der Waals surface area contributed by atoms with Gasteiger partial charge in [-0.05, 0) is 24.5 Å². The van der Waals surface area contributed by atoms with Gasteiger partial charge < -0.3 is 4.42 Å². The number of hydrogen-bond acceptors (Lipinski definition) is 1. The maximum absolute atomic E-state index is 5.24. The molecule has 1 aromatic heterocycles. The van der Waals surface area contributed by atoms with Gasteiger partial charge in [-0.15, -0.1) is 0 Å². The lowest BCUT2D eigenvalue weighted by Gasteiger charge is -2.11. The monoisotopic (exact) mass is 230 g/mol. The normalized spacial score (nSPS) is 13.7. The Morgan fingerprint density at radius 2 is 2.25 bits per heavy atom. The van der Waals surface area contributed by atoms with Crippen LogP contribution in [0.5, 0.6) is 0 Å². The van der Waals surface area contributed by atoms with Gasteiger partial charge in [-0.1, -0.05) is 29.8 Å². The van der Waals surface area contributed by atoms with Crippen LogP contribution in [0.4, 0.5) is 0 Å². The minimum Gasteiger partial charge on any atom is -0.469 e. The fourth-order valence-electron chi connectivity index (χ4n) is 1.07. The van der Waals surface area contributed by atoms with Crippen molar-refractivity contribution in [2.24, 2.45) is 5.92 Å². The van der Waals surface area contributed by atoms with Crippen LogP contribution in [-0.2, 0) is 6.42 Å². The molecule has 1 rings (SSSR count). The first-order valence-corrected chi connectivity index (χ1v) is 5.28. The molecule has 0 saturated carbocycles. The summed E-state index contributed by atoms with van der Waals surface area (Å²) in [7, 11) is 0. The van der Waals surface area contributed by atoms with Gasteiger partial charge in [0.15, 0.2) is 0 Å². The summed E-state index contributed by atoms with van der Waals surface area (Å²) in [5, 5.41) is 0. The van der Waals surface area contributed by atoms with Crippen molar-refractivity contribution in [2.75, 3.05) is 0 Å². The van der Waals surface area contributed by atoms with E-state index in [4.69, 9.17) is 4.42 Å². The second-order valence-corrected chi connectivity index (χ2v) is 4.55. The molecule has 0 fully saturated rings. The summed E-state index contributed by atoms with van der Waals surface area (Å²) in [6.07, 6.45) is 3.90. The van der Waals surface area contributed by atoms with Gasteiger partial charge in [0.25, 0.3) is 0 Å². The van der Waals surface area contributed by atoms with E-state index >= 15 is 0 Å². The SMILES string of the molecule is CC(C)C(Br)CCc1ccco1. The first kappa shape index (κ1) is 9.85. The van der Waals surface area contributed by atoms with Gasteiger partial charge in [0, 0.05) is 11.2 Å². The topological polar surface area (TPSA) is 13.1 Å². The van der Waals surface area contributed by atoms with Gasteiger partial charge in [-0.25, -0.2) is 0 Å². The zero-order valence-corrected chi connectivity index (χ0v) is 9.17.